The highest BCUT2D eigenvalue weighted by Crippen LogP contribution is 2.10. The number of allylic oxidation sites excluding steroid dienone is 1. The number of aliphatic hydroxyl groups excluding tert-OH is 1. The summed E-state index contributed by atoms with van der Waals surface area (Å²) in [6.07, 6.45) is 0. The second-order valence-electron chi connectivity index (χ2n) is 3.39. The maximum atomic E-state index is 11.7. The summed E-state index contributed by atoms with van der Waals surface area (Å²) in [6.45, 7) is 2.98. The van der Waals surface area contributed by atoms with E-state index in [-0.39, 0.29) is 12.2 Å². The molecule has 0 unspecified atom stereocenters. The number of hydrogen-bond acceptors (Lipinski definition) is 5. The van der Waals surface area contributed by atoms with Crippen LogP contribution in [0.25, 0.3) is 0 Å². The predicted molar refractivity (Wildman–Crippen MR) is 63.8 cm³/mol. The molecule has 5 heteroatoms. The Morgan fingerprint density at radius 1 is 1.22 bits per heavy atom. The Kier molecular flexibility index (Phi) is 4.92. The van der Waals surface area contributed by atoms with E-state index in [2.05, 4.69) is 4.74 Å². The zero-order valence-electron chi connectivity index (χ0n) is 10.2. The molecule has 1 aromatic carbocycles. The van der Waals surface area contributed by atoms with Crippen LogP contribution in [0, 0.1) is 0 Å². The van der Waals surface area contributed by atoms with Crippen molar-refractivity contribution in [1.29, 1.82) is 0 Å². The molecule has 0 saturated carbocycles. The van der Waals surface area contributed by atoms with E-state index in [1.54, 1.807) is 25.1 Å². The third-order valence-corrected chi connectivity index (χ3v) is 1.99. The quantitative estimate of drug-likeness (QED) is 0.503. The number of rotatable bonds is 4. The van der Waals surface area contributed by atoms with E-state index in [1.807, 2.05) is 0 Å². The summed E-state index contributed by atoms with van der Waals surface area (Å²) in [5.74, 6) is -2.50. The van der Waals surface area contributed by atoms with E-state index >= 15 is 0 Å². The van der Waals surface area contributed by atoms with Gasteiger partial charge in [-0.25, -0.2) is 9.59 Å². The molecule has 0 heterocycles. The summed E-state index contributed by atoms with van der Waals surface area (Å²) in [5, 5.41) is 9.31. The van der Waals surface area contributed by atoms with Gasteiger partial charge in [0, 0.05) is 0 Å². The van der Waals surface area contributed by atoms with Gasteiger partial charge in [-0.15, -0.1) is 0 Å². The van der Waals surface area contributed by atoms with Crippen molar-refractivity contribution in [2.24, 2.45) is 0 Å². The normalized spacial score (nSPS) is 11.4. The number of esters is 2. The first kappa shape index (κ1) is 13.8. The first-order valence-electron chi connectivity index (χ1n) is 5.40. The van der Waals surface area contributed by atoms with Gasteiger partial charge in [-0.05, 0) is 26.0 Å². The van der Waals surface area contributed by atoms with Crippen LogP contribution in [-0.2, 0) is 14.3 Å². The van der Waals surface area contributed by atoms with Gasteiger partial charge in [-0.1, -0.05) is 18.2 Å². The molecule has 0 aromatic heterocycles. The number of aliphatic hydroxyl groups is 1. The Morgan fingerprint density at radius 2 is 1.83 bits per heavy atom. The standard InChI is InChI=1S/C13H14O5/c1-3-17-13(16)11(9(2)14)18-12(15)10-7-5-4-6-8-10/h4-8,14H,3H2,1-2H3. The highest BCUT2D eigenvalue weighted by atomic mass is 16.6. The van der Waals surface area contributed by atoms with Crippen LogP contribution in [0.4, 0.5) is 0 Å². The summed E-state index contributed by atoms with van der Waals surface area (Å²) < 4.78 is 9.50. The highest BCUT2D eigenvalue weighted by Gasteiger charge is 2.20. The fraction of sp³-hybridized carbons (Fsp3) is 0.231. The van der Waals surface area contributed by atoms with E-state index in [0.29, 0.717) is 0 Å². The maximum absolute atomic E-state index is 11.7. The molecule has 0 aliphatic rings. The molecule has 96 valence electrons. The summed E-state index contributed by atoms with van der Waals surface area (Å²) in [5.41, 5.74) is 0.278. The van der Waals surface area contributed by atoms with Crippen molar-refractivity contribution in [3.05, 3.63) is 47.4 Å². The summed E-state index contributed by atoms with van der Waals surface area (Å²) in [6, 6.07) is 8.15. The van der Waals surface area contributed by atoms with Crippen molar-refractivity contribution < 1.29 is 24.2 Å². The van der Waals surface area contributed by atoms with Crippen LogP contribution in [0.3, 0.4) is 0 Å². The third kappa shape index (κ3) is 3.62. The van der Waals surface area contributed by atoms with Gasteiger partial charge in [0.2, 0.25) is 0 Å². The van der Waals surface area contributed by atoms with Crippen LogP contribution in [-0.4, -0.2) is 23.7 Å². The zero-order chi connectivity index (χ0) is 13.5. The third-order valence-electron chi connectivity index (χ3n) is 1.99. The first-order chi connectivity index (χ1) is 8.56. The van der Waals surface area contributed by atoms with E-state index in [9.17, 15) is 14.7 Å². The van der Waals surface area contributed by atoms with Crippen molar-refractivity contribution in [3.63, 3.8) is 0 Å². The van der Waals surface area contributed by atoms with Crippen LogP contribution in [0.5, 0.6) is 0 Å². The molecule has 0 spiro atoms. The Balaban J connectivity index is 2.84. The van der Waals surface area contributed by atoms with Gasteiger partial charge in [-0.3, -0.25) is 0 Å². The first-order valence-corrected chi connectivity index (χ1v) is 5.40. The average molecular weight is 250 g/mol. The van der Waals surface area contributed by atoms with E-state index in [0.717, 1.165) is 0 Å². The second-order valence-corrected chi connectivity index (χ2v) is 3.39. The van der Waals surface area contributed by atoms with E-state index in [4.69, 9.17) is 4.74 Å². The topological polar surface area (TPSA) is 72.8 Å². The van der Waals surface area contributed by atoms with Gasteiger partial charge in [0.05, 0.1) is 12.2 Å². The lowest BCUT2D eigenvalue weighted by atomic mass is 10.2. The lowest BCUT2D eigenvalue weighted by Gasteiger charge is -2.08. The molecule has 0 fully saturated rings. The maximum Gasteiger partial charge on any atom is 0.377 e. The molecular weight excluding hydrogens is 236 g/mol. The van der Waals surface area contributed by atoms with Gasteiger partial charge in [0.1, 0.15) is 5.76 Å². The van der Waals surface area contributed by atoms with Gasteiger partial charge in [-0.2, -0.15) is 0 Å². The van der Waals surface area contributed by atoms with Crippen LogP contribution >= 0.6 is 0 Å². The van der Waals surface area contributed by atoms with Crippen molar-refractivity contribution >= 4 is 11.9 Å². The van der Waals surface area contributed by atoms with Crippen LogP contribution in [0.1, 0.15) is 24.2 Å². The van der Waals surface area contributed by atoms with Crippen molar-refractivity contribution in [2.75, 3.05) is 6.61 Å². The molecule has 1 N–H and O–H groups in total. The fourth-order valence-corrected chi connectivity index (χ4v) is 1.19. The SMILES string of the molecule is CCOC(=O)C(OC(=O)c1ccccc1)=C(C)O. The number of carbonyl (C=O) groups excluding carboxylic acids is 2. The summed E-state index contributed by atoms with van der Waals surface area (Å²) in [4.78, 5) is 23.1. The van der Waals surface area contributed by atoms with E-state index in [1.165, 1.54) is 19.1 Å². The van der Waals surface area contributed by atoms with Gasteiger partial charge in [0.15, 0.2) is 0 Å². The monoisotopic (exact) mass is 250 g/mol. The van der Waals surface area contributed by atoms with Gasteiger partial charge in [0.25, 0.3) is 5.76 Å². The smallest absolute Gasteiger partial charge is 0.377 e. The average Bonchev–Trinajstić information content (AvgIpc) is 2.36. The molecular formula is C13H14O5. The number of ether oxygens (including phenoxy) is 2. The molecule has 1 aromatic rings. The number of carbonyl (C=O) groups is 2. The Hall–Kier alpha value is -2.30. The lowest BCUT2D eigenvalue weighted by Crippen LogP contribution is -2.16. The van der Waals surface area contributed by atoms with Crippen molar-refractivity contribution in [1.82, 2.24) is 0 Å². The summed E-state index contributed by atoms with van der Waals surface area (Å²) >= 11 is 0. The summed E-state index contributed by atoms with van der Waals surface area (Å²) in [7, 11) is 0. The minimum atomic E-state index is -0.873. The molecule has 0 atom stereocenters. The predicted octanol–water partition coefficient (Wildman–Crippen LogP) is 2.20. The van der Waals surface area contributed by atoms with Crippen LogP contribution < -0.4 is 0 Å². The molecule has 5 nitrogen and oxygen atoms in total. The van der Waals surface area contributed by atoms with Crippen LogP contribution in [0.2, 0.25) is 0 Å². The number of hydrogen-bond donors (Lipinski definition) is 1. The Bertz CT molecular complexity index is 458. The minimum absolute atomic E-state index is 0.124. The number of benzene rings is 1. The Labute approximate surface area is 105 Å². The van der Waals surface area contributed by atoms with Crippen LogP contribution in [0.15, 0.2) is 41.9 Å². The highest BCUT2D eigenvalue weighted by molar-refractivity contribution is 5.95. The molecule has 1 rings (SSSR count). The molecule has 0 amide bonds. The van der Waals surface area contributed by atoms with E-state index < -0.39 is 23.5 Å². The van der Waals surface area contributed by atoms with Gasteiger partial charge >= 0.3 is 11.9 Å². The minimum Gasteiger partial charge on any atom is -0.508 e. The zero-order valence-corrected chi connectivity index (χ0v) is 10.2. The molecule has 0 bridgehead atoms. The molecule has 0 aliphatic carbocycles. The lowest BCUT2D eigenvalue weighted by molar-refractivity contribution is -0.142. The fourth-order valence-electron chi connectivity index (χ4n) is 1.19. The molecule has 18 heavy (non-hydrogen) atoms. The van der Waals surface area contributed by atoms with Gasteiger partial charge < -0.3 is 14.6 Å². The van der Waals surface area contributed by atoms with Crippen molar-refractivity contribution in [3.8, 4) is 0 Å². The van der Waals surface area contributed by atoms with Crippen molar-refractivity contribution in [2.45, 2.75) is 13.8 Å². The molecule has 0 aliphatic heterocycles. The molecule has 0 saturated heterocycles. The Morgan fingerprint density at radius 3 is 2.33 bits per heavy atom. The largest absolute Gasteiger partial charge is 0.508 e. The molecule has 0 radical (unpaired) electrons. The second kappa shape index (κ2) is 6.44.